The van der Waals surface area contributed by atoms with Gasteiger partial charge < -0.3 is 20.6 Å². The van der Waals surface area contributed by atoms with E-state index in [-0.39, 0.29) is 45.6 Å². The van der Waals surface area contributed by atoms with Crippen LogP contribution < -0.4 is 10.6 Å². The summed E-state index contributed by atoms with van der Waals surface area (Å²) in [5, 5.41) is 15.5. The van der Waals surface area contributed by atoms with Crippen LogP contribution in [-0.2, 0) is 6.18 Å². The van der Waals surface area contributed by atoms with Crippen molar-refractivity contribution in [3.8, 4) is 10.4 Å². The van der Waals surface area contributed by atoms with Crippen LogP contribution in [0.15, 0.2) is 12.3 Å². The van der Waals surface area contributed by atoms with Gasteiger partial charge >= 0.3 is 6.18 Å². The molecular weight excluding hydrogens is 531 g/mol. The van der Waals surface area contributed by atoms with Crippen molar-refractivity contribution in [3.63, 3.8) is 0 Å². The molecule has 0 spiro atoms. The summed E-state index contributed by atoms with van der Waals surface area (Å²) in [7, 11) is 0. The van der Waals surface area contributed by atoms with Crippen LogP contribution in [0.5, 0.6) is 0 Å². The first-order valence-electron chi connectivity index (χ1n) is 13.5. The first-order valence-corrected chi connectivity index (χ1v) is 14.3. The molecule has 0 bridgehead atoms. The Morgan fingerprint density at radius 1 is 1.13 bits per heavy atom. The number of halogens is 3. The molecule has 1 saturated heterocycles. The molecule has 1 aliphatic heterocycles. The molecule has 3 heterocycles. The molecule has 0 aromatic carbocycles. The number of carbonyl (C=O) groups is 2. The lowest BCUT2D eigenvalue weighted by Crippen LogP contribution is -2.42. The highest BCUT2D eigenvalue weighted by Crippen LogP contribution is 2.40. The minimum atomic E-state index is -4.68. The van der Waals surface area contributed by atoms with Crippen LogP contribution in [0.2, 0.25) is 0 Å². The molecule has 4 rings (SSSR count). The number of likely N-dealkylation sites (tertiary alicyclic amines) is 1. The summed E-state index contributed by atoms with van der Waals surface area (Å²) in [4.78, 5) is 36.8. The van der Waals surface area contributed by atoms with Gasteiger partial charge in [0.25, 0.3) is 11.8 Å². The third-order valence-corrected chi connectivity index (χ3v) is 8.27. The zero-order valence-corrected chi connectivity index (χ0v) is 23.3. The lowest BCUT2D eigenvalue weighted by Gasteiger charge is -2.33. The molecule has 0 radical (unpaired) electrons. The monoisotopic (exact) mass is 567 g/mol. The number of amides is 2. The second kappa shape index (κ2) is 11.8. The van der Waals surface area contributed by atoms with Crippen molar-refractivity contribution in [2.45, 2.75) is 96.0 Å². The Bertz CT molecular complexity index is 1190. The number of nitrogens with one attached hydrogen (secondary N) is 2. The molecule has 2 fully saturated rings. The molecule has 8 nitrogen and oxygen atoms in total. The lowest BCUT2D eigenvalue weighted by atomic mass is 9.95. The molecule has 1 saturated carbocycles. The van der Waals surface area contributed by atoms with Crippen LogP contribution >= 0.6 is 11.3 Å². The SMILES string of the molecule is CC1CCCCN1C(=O)c1nc(C(=O)NCC(C)(C)O)sc1-c1cnc(NC2CCCCC2)c(C(F)(F)F)c1. The zero-order valence-electron chi connectivity index (χ0n) is 22.5. The second-order valence-corrected chi connectivity index (χ2v) is 12.1. The Balaban J connectivity index is 1.74. The highest BCUT2D eigenvalue weighted by atomic mass is 32.1. The molecule has 3 N–H and O–H groups in total. The van der Waals surface area contributed by atoms with E-state index in [1.165, 1.54) is 20.0 Å². The Labute approximate surface area is 230 Å². The highest BCUT2D eigenvalue weighted by molar-refractivity contribution is 7.17. The van der Waals surface area contributed by atoms with Gasteiger partial charge in [-0.1, -0.05) is 19.3 Å². The van der Waals surface area contributed by atoms with E-state index in [9.17, 15) is 27.9 Å². The Morgan fingerprint density at radius 3 is 2.46 bits per heavy atom. The summed E-state index contributed by atoms with van der Waals surface area (Å²) in [5.74, 6) is -1.27. The molecule has 1 atom stereocenters. The van der Waals surface area contributed by atoms with Gasteiger partial charge in [-0.2, -0.15) is 13.2 Å². The summed E-state index contributed by atoms with van der Waals surface area (Å²) in [5.41, 5.74) is -2.09. The van der Waals surface area contributed by atoms with Crippen LogP contribution in [0, 0.1) is 0 Å². The van der Waals surface area contributed by atoms with Crippen LogP contribution in [0.3, 0.4) is 0 Å². The first-order chi connectivity index (χ1) is 18.3. The summed E-state index contributed by atoms with van der Waals surface area (Å²) < 4.78 is 42.6. The fourth-order valence-corrected chi connectivity index (χ4v) is 5.98. The van der Waals surface area contributed by atoms with Crippen LogP contribution in [0.4, 0.5) is 19.0 Å². The van der Waals surface area contributed by atoms with E-state index < -0.39 is 29.2 Å². The van der Waals surface area contributed by atoms with E-state index in [2.05, 4.69) is 20.6 Å². The molecule has 39 heavy (non-hydrogen) atoms. The number of thiazole rings is 1. The van der Waals surface area contributed by atoms with Gasteiger partial charge in [0.05, 0.1) is 16.0 Å². The maximum atomic E-state index is 14.2. The molecule has 1 aliphatic carbocycles. The quantitative estimate of drug-likeness (QED) is 0.409. The topological polar surface area (TPSA) is 107 Å². The van der Waals surface area contributed by atoms with Gasteiger partial charge in [0, 0.05) is 36.9 Å². The second-order valence-electron chi connectivity index (χ2n) is 11.1. The molecule has 1 unspecified atom stereocenters. The van der Waals surface area contributed by atoms with Crippen LogP contribution in [-0.4, -0.2) is 62.6 Å². The average Bonchev–Trinajstić information content (AvgIpc) is 3.33. The number of nitrogens with zero attached hydrogens (tertiary/aromatic N) is 3. The fraction of sp³-hybridized carbons (Fsp3) is 0.630. The smallest absolute Gasteiger partial charge is 0.389 e. The van der Waals surface area contributed by atoms with E-state index >= 15 is 0 Å². The van der Waals surface area contributed by atoms with Gasteiger partial charge in [-0.25, -0.2) is 9.97 Å². The van der Waals surface area contributed by atoms with Crippen molar-refractivity contribution in [1.82, 2.24) is 20.2 Å². The summed E-state index contributed by atoms with van der Waals surface area (Å²) in [6.45, 7) is 5.43. The van der Waals surface area contributed by atoms with Crippen molar-refractivity contribution >= 4 is 29.0 Å². The first kappa shape index (κ1) is 29.3. The van der Waals surface area contributed by atoms with Gasteiger partial charge in [-0.3, -0.25) is 9.59 Å². The number of aliphatic hydroxyl groups is 1. The standard InChI is InChI=1S/C27H36F3N5O3S/c1-16-9-7-8-12-35(16)25(37)20-21(39-24(34-20)23(36)32-15-26(2,3)38)17-13-19(27(28,29)30)22(31-14-17)33-18-10-5-4-6-11-18/h13-14,16,18,38H,4-12,15H2,1-3H3,(H,31,33)(H,32,36). The Morgan fingerprint density at radius 2 is 1.82 bits per heavy atom. The van der Waals surface area contributed by atoms with Crippen molar-refractivity contribution in [2.75, 3.05) is 18.4 Å². The largest absolute Gasteiger partial charge is 0.419 e. The number of piperidine rings is 1. The van der Waals surface area contributed by atoms with Crippen molar-refractivity contribution in [1.29, 1.82) is 0 Å². The highest BCUT2D eigenvalue weighted by Gasteiger charge is 2.37. The van der Waals surface area contributed by atoms with Crippen molar-refractivity contribution < 1.29 is 27.9 Å². The third-order valence-electron chi connectivity index (χ3n) is 7.17. The van der Waals surface area contributed by atoms with E-state index in [1.54, 1.807) is 4.90 Å². The molecule has 12 heteroatoms. The summed E-state index contributed by atoms with van der Waals surface area (Å²) in [6, 6.07) is 0.852. The Kier molecular flexibility index (Phi) is 8.85. The predicted octanol–water partition coefficient (Wildman–Crippen LogP) is 5.48. The molecule has 214 valence electrons. The Hall–Kier alpha value is -2.73. The van der Waals surface area contributed by atoms with Crippen LogP contribution in [0.25, 0.3) is 10.4 Å². The van der Waals surface area contributed by atoms with Gasteiger partial charge in [0.1, 0.15) is 11.5 Å². The number of hydrogen-bond acceptors (Lipinski definition) is 7. The van der Waals surface area contributed by atoms with Gasteiger partial charge in [-0.15, -0.1) is 11.3 Å². The predicted molar refractivity (Wildman–Crippen MR) is 144 cm³/mol. The average molecular weight is 568 g/mol. The van der Waals surface area contributed by atoms with Gasteiger partial charge in [0.2, 0.25) is 0 Å². The molecule has 2 amide bonds. The van der Waals surface area contributed by atoms with Crippen LogP contribution in [0.1, 0.15) is 98.0 Å². The maximum absolute atomic E-state index is 14.2. The lowest BCUT2D eigenvalue weighted by molar-refractivity contribution is -0.137. The maximum Gasteiger partial charge on any atom is 0.419 e. The van der Waals surface area contributed by atoms with E-state index in [0.717, 1.165) is 68.8 Å². The molecule has 2 aliphatic rings. The van der Waals surface area contributed by atoms with Crippen molar-refractivity contribution in [3.05, 3.63) is 28.5 Å². The van der Waals surface area contributed by atoms with E-state index in [0.29, 0.717) is 6.54 Å². The number of pyridine rings is 1. The number of aromatic nitrogens is 2. The minimum absolute atomic E-state index is 0.0563. The van der Waals surface area contributed by atoms with Gasteiger partial charge in [0.15, 0.2) is 5.01 Å². The minimum Gasteiger partial charge on any atom is -0.389 e. The summed E-state index contributed by atoms with van der Waals surface area (Å²) >= 11 is 0.846. The van der Waals surface area contributed by atoms with Gasteiger partial charge in [-0.05, 0) is 58.9 Å². The van der Waals surface area contributed by atoms with E-state index in [1.807, 2.05) is 6.92 Å². The number of rotatable bonds is 7. The van der Waals surface area contributed by atoms with Crippen molar-refractivity contribution in [2.24, 2.45) is 0 Å². The van der Waals surface area contributed by atoms with E-state index in [4.69, 9.17) is 0 Å². The zero-order chi connectivity index (χ0) is 28.4. The summed E-state index contributed by atoms with van der Waals surface area (Å²) in [6.07, 6.45) is 3.78. The normalized spacial score (nSPS) is 19.2. The number of hydrogen-bond donors (Lipinski definition) is 3. The number of anilines is 1. The third kappa shape index (κ3) is 7.27. The number of alkyl halides is 3. The molecule has 2 aromatic heterocycles. The number of carbonyl (C=O) groups excluding carboxylic acids is 2. The molecular formula is C27H36F3N5O3S. The fourth-order valence-electron chi connectivity index (χ4n) is 5.03. The molecule has 2 aromatic rings.